The molecule has 2 heteroatoms. The Hall–Kier alpha value is -0.340. The summed E-state index contributed by atoms with van der Waals surface area (Å²) < 4.78 is 6.11. The molecule has 0 amide bonds. The van der Waals surface area contributed by atoms with E-state index in [9.17, 15) is 5.11 Å². The lowest BCUT2D eigenvalue weighted by Crippen LogP contribution is -2.51. The Bertz CT molecular complexity index is 336. The van der Waals surface area contributed by atoms with Crippen molar-refractivity contribution in [1.82, 2.24) is 0 Å². The average Bonchev–Trinajstić information content (AvgIpc) is 2.57. The predicted molar refractivity (Wildman–Crippen MR) is 67.6 cm³/mol. The van der Waals surface area contributed by atoms with E-state index in [0.717, 1.165) is 25.9 Å². The topological polar surface area (TPSA) is 29.5 Å². The fourth-order valence-corrected chi connectivity index (χ4v) is 4.55. The summed E-state index contributed by atoms with van der Waals surface area (Å²) in [5.74, 6) is 1.74. The van der Waals surface area contributed by atoms with Gasteiger partial charge in [0.25, 0.3) is 0 Å². The summed E-state index contributed by atoms with van der Waals surface area (Å²) >= 11 is 0. The molecule has 0 aromatic carbocycles. The quantitative estimate of drug-likeness (QED) is 0.709. The van der Waals surface area contributed by atoms with Crippen LogP contribution in [0.5, 0.6) is 0 Å². The van der Waals surface area contributed by atoms with Gasteiger partial charge in [-0.2, -0.15) is 0 Å². The van der Waals surface area contributed by atoms with Gasteiger partial charge in [0.1, 0.15) is 0 Å². The van der Waals surface area contributed by atoms with Crippen molar-refractivity contribution in [2.24, 2.45) is 23.2 Å². The van der Waals surface area contributed by atoms with Gasteiger partial charge in [0.15, 0.2) is 0 Å². The van der Waals surface area contributed by atoms with Crippen LogP contribution in [0.15, 0.2) is 12.2 Å². The average molecular weight is 236 g/mol. The molecule has 0 aromatic heterocycles. The molecule has 5 atom stereocenters. The largest absolute Gasteiger partial charge is 0.392 e. The maximum absolute atomic E-state index is 10.4. The third kappa shape index (κ3) is 1.47. The number of ether oxygens (including phenoxy) is 1. The van der Waals surface area contributed by atoms with Crippen LogP contribution in [0.2, 0.25) is 0 Å². The summed E-state index contributed by atoms with van der Waals surface area (Å²) in [7, 11) is 0. The van der Waals surface area contributed by atoms with Crippen LogP contribution < -0.4 is 0 Å². The first-order valence-electron chi connectivity index (χ1n) is 7.03. The van der Waals surface area contributed by atoms with Crippen molar-refractivity contribution in [2.75, 3.05) is 6.61 Å². The van der Waals surface area contributed by atoms with Crippen LogP contribution in [0.25, 0.3) is 0 Å². The summed E-state index contributed by atoms with van der Waals surface area (Å²) in [5, 5.41) is 10.4. The van der Waals surface area contributed by atoms with Crippen molar-refractivity contribution in [3.63, 3.8) is 0 Å². The van der Waals surface area contributed by atoms with Gasteiger partial charge in [0, 0.05) is 11.3 Å². The van der Waals surface area contributed by atoms with Gasteiger partial charge < -0.3 is 9.84 Å². The lowest BCUT2D eigenvalue weighted by atomic mass is 9.54. The molecule has 2 saturated carbocycles. The van der Waals surface area contributed by atoms with Crippen LogP contribution in [-0.4, -0.2) is 23.9 Å². The summed E-state index contributed by atoms with van der Waals surface area (Å²) in [6, 6.07) is 0. The van der Waals surface area contributed by atoms with Crippen molar-refractivity contribution in [3.05, 3.63) is 12.2 Å². The van der Waals surface area contributed by atoms with Gasteiger partial charge in [0.2, 0.25) is 0 Å². The smallest absolute Gasteiger partial charge is 0.0678 e. The highest BCUT2D eigenvalue weighted by molar-refractivity contribution is 5.22. The molecule has 17 heavy (non-hydrogen) atoms. The standard InChI is InChI=1S/C15H24O2/c1-9(2)11-6-7-15-8-17-14(11)13(15)10(3)4-5-12(15)16/h9,11-14,16H,3-8H2,1-2H3/t11-,12+,13+,14+,15+/m0/s1. The second kappa shape index (κ2) is 3.83. The Morgan fingerprint density at radius 2 is 2.18 bits per heavy atom. The molecule has 3 fully saturated rings. The Morgan fingerprint density at radius 1 is 1.41 bits per heavy atom. The van der Waals surface area contributed by atoms with Crippen molar-refractivity contribution < 1.29 is 9.84 Å². The molecule has 2 nitrogen and oxygen atoms in total. The van der Waals surface area contributed by atoms with E-state index in [4.69, 9.17) is 4.74 Å². The Labute approximate surface area is 104 Å². The fraction of sp³-hybridized carbons (Fsp3) is 0.867. The van der Waals surface area contributed by atoms with Gasteiger partial charge in [-0.05, 0) is 37.5 Å². The SMILES string of the molecule is C=C1CC[C@@H](O)[C@@]23CC[C@@H](C(C)C)[C@@H](OC2)[C@@H]13. The molecular formula is C15H24O2. The first-order valence-corrected chi connectivity index (χ1v) is 7.03. The second-order valence-corrected chi connectivity index (χ2v) is 6.65. The summed E-state index contributed by atoms with van der Waals surface area (Å²) in [4.78, 5) is 0. The van der Waals surface area contributed by atoms with E-state index in [1.165, 1.54) is 12.0 Å². The monoisotopic (exact) mass is 236 g/mol. The van der Waals surface area contributed by atoms with Crippen LogP contribution in [0.3, 0.4) is 0 Å². The van der Waals surface area contributed by atoms with Crippen molar-refractivity contribution >= 4 is 0 Å². The number of hydrogen-bond donors (Lipinski definition) is 1. The maximum Gasteiger partial charge on any atom is 0.0678 e. The second-order valence-electron chi connectivity index (χ2n) is 6.65. The molecule has 96 valence electrons. The van der Waals surface area contributed by atoms with E-state index in [-0.39, 0.29) is 11.5 Å². The van der Waals surface area contributed by atoms with Gasteiger partial charge in [-0.15, -0.1) is 0 Å². The predicted octanol–water partition coefficient (Wildman–Crippen LogP) is 2.76. The van der Waals surface area contributed by atoms with Gasteiger partial charge in [-0.3, -0.25) is 0 Å². The summed E-state index contributed by atoms with van der Waals surface area (Å²) in [6.45, 7) is 9.61. The Kier molecular flexibility index (Phi) is 2.64. The highest BCUT2D eigenvalue weighted by atomic mass is 16.5. The van der Waals surface area contributed by atoms with Crippen LogP contribution >= 0.6 is 0 Å². The molecule has 1 saturated heterocycles. The van der Waals surface area contributed by atoms with E-state index < -0.39 is 0 Å². The molecule has 1 N–H and O–H groups in total. The molecule has 2 aliphatic carbocycles. The van der Waals surface area contributed by atoms with E-state index in [1.807, 2.05) is 0 Å². The number of aliphatic hydroxyl groups is 1. The van der Waals surface area contributed by atoms with Crippen molar-refractivity contribution in [2.45, 2.75) is 51.7 Å². The minimum Gasteiger partial charge on any atom is -0.392 e. The molecule has 3 aliphatic rings. The van der Waals surface area contributed by atoms with Crippen LogP contribution in [-0.2, 0) is 4.74 Å². The fourth-order valence-electron chi connectivity index (χ4n) is 4.55. The van der Waals surface area contributed by atoms with Crippen LogP contribution in [0, 0.1) is 23.2 Å². The van der Waals surface area contributed by atoms with Crippen molar-refractivity contribution in [1.29, 1.82) is 0 Å². The zero-order valence-corrected chi connectivity index (χ0v) is 11.0. The molecule has 0 aromatic rings. The van der Waals surface area contributed by atoms with Gasteiger partial charge >= 0.3 is 0 Å². The number of hydrogen-bond acceptors (Lipinski definition) is 2. The summed E-state index contributed by atoms with van der Waals surface area (Å²) in [6.07, 6.45) is 4.36. The van der Waals surface area contributed by atoms with E-state index in [1.54, 1.807) is 0 Å². The highest BCUT2D eigenvalue weighted by Crippen LogP contribution is 2.59. The van der Waals surface area contributed by atoms with Gasteiger partial charge in [-0.25, -0.2) is 0 Å². The van der Waals surface area contributed by atoms with Gasteiger partial charge in [-0.1, -0.05) is 26.0 Å². The normalized spacial score (nSPS) is 49.5. The van der Waals surface area contributed by atoms with Crippen molar-refractivity contribution in [3.8, 4) is 0 Å². The minimum absolute atomic E-state index is 0.0192. The number of rotatable bonds is 1. The highest BCUT2D eigenvalue weighted by Gasteiger charge is 2.60. The van der Waals surface area contributed by atoms with Crippen LogP contribution in [0.1, 0.15) is 39.5 Å². The third-order valence-electron chi connectivity index (χ3n) is 5.56. The maximum atomic E-state index is 10.4. The summed E-state index contributed by atoms with van der Waals surface area (Å²) in [5.41, 5.74) is 1.36. The lowest BCUT2D eigenvalue weighted by molar-refractivity contribution is -0.0442. The molecule has 0 radical (unpaired) electrons. The Balaban J connectivity index is 1.96. The van der Waals surface area contributed by atoms with Crippen LogP contribution in [0.4, 0.5) is 0 Å². The zero-order valence-electron chi connectivity index (χ0n) is 11.0. The lowest BCUT2D eigenvalue weighted by Gasteiger charge is -2.50. The minimum atomic E-state index is -0.170. The molecule has 2 bridgehead atoms. The molecule has 0 unspecified atom stereocenters. The molecule has 3 rings (SSSR count). The molecular weight excluding hydrogens is 212 g/mol. The number of aliphatic hydroxyl groups excluding tert-OH is 1. The van der Waals surface area contributed by atoms with E-state index in [0.29, 0.717) is 23.9 Å². The van der Waals surface area contributed by atoms with E-state index in [2.05, 4.69) is 20.4 Å². The van der Waals surface area contributed by atoms with E-state index >= 15 is 0 Å². The third-order valence-corrected chi connectivity index (χ3v) is 5.56. The molecule has 0 spiro atoms. The first kappa shape index (κ1) is 11.7. The molecule has 1 aliphatic heterocycles. The Morgan fingerprint density at radius 3 is 2.88 bits per heavy atom. The molecule has 1 heterocycles. The van der Waals surface area contributed by atoms with Gasteiger partial charge in [0.05, 0.1) is 18.8 Å². The first-order chi connectivity index (χ1) is 8.06. The zero-order chi connectivity index (χ0) is 12.2.